The van der Waals surface area contributed by atoms with E-state index in [9.17, 15) is 4.79 Å². The third-order valence-corrected chi connectivity index (χ3v) is 1.06. The average Bonchev–Trinajstić information content (AvgIpc) is 2.11. The first-order valence-corrected chi connectivity index (χ1v) is 2.51. The van der Waals surface area contributed by atoms with Crippen molar-refractivity contribution in [3.8, 4) is 0 Å². The van der Waals surface area contributed by atoms with Crippen molar-refractivity contribution in [2.45, 2.75) is 0 Å². The highest BCUT2D eigenvalue weighted by Gasteiger charge is 2.13. The lowest BCUT2D eigenvalue weighted by molar-refractivity contribution is 0.0686. The molecule has 0 aliphatic carbocycles. The second kappa shape index (κ2) is 1.98. The molecular formula is C4H6N4O2. The Kier molecular flexibility index (Phi) is 1.29. The molecule has 0 spiro atoms. The van der Waals surface area contributed by atoms with Crippen LogP contribution in [0.5, 0.6) is 0 Å². The Labute approximate surface area is 56.3 Å². The molecule has 0 radical (unpaired) electrons. The highest BCUT2D eigenvalue weighted by molar-refractivity contribution is 5.90. The molecule has 0 atom stereocenters. The largest absolute Gasteiger partial charge is 0.476 e. The van der Waals surface area contributed by atoms with Crippen LogP contribution < -0.4 is 5.73 Å². The molecular weight excluding hydrogens is 136 g/mol. The lowest BCUT2D eigenvalue weighted by Crippen LogP contribution is -2.07. The molecule has 6 heteroatoms. The molecule has 6 nitrogen and oxygen atoms in total. The number of carboxylic acid groups (broad SMARTS) is 1. The second-order valence-electron chi connectivity index (χ2n) is 1.75. The van der Waals surface area contributed by atoms with Crippen LogP contribution in [0.1, 0.15) is 10.5 Å². The fraction of sp³-hybridized carbons (Fsp3) is 0.250. The van der Waals surface area contributed by atoms with Gasteiger partial charge in [-0.05, 0) is 0 Å². The smallest absolute Gasteiger partial charge is 0.358 e. The minimum Gasteiger partial charge on any atom is -0.476 e. The molecule has 0 aliphatic rings. The SMILES string of the molecule is Cn1nnc(N)c1C(=O)O. The lowest BCUT2D eigenvalue weighted by Gasteiger charge is -1.91. The quantitative estimate of drug-likeness (QED) is 0.529. The van der Waals surface area contributed by atoms with Gasteiger partial charge in [0.2, 0.25) is 0 Å². The normalized spacial score (nSPS) is 9.70. The number of hydrogen-bond acceptors (Lipinski definition) is 4. The predicted octanol–water partition coefficient (Wildman–Crippen LogP) is -0.904. The topological polar surface area (TPSA) is 94.0 Å². The zero-order valence-corrected chi connectivity index (χ0v) is 5.27. The van der Waals surface area contributed by atoms with E-state index in [1.165, 1.54) is 7.05 Å². The molecule has 10 heavy (non-hydrogen) atoms. The number of hydrogen-bond donors (Lipinski definition) is 2. The maximum atomic E-state index is 10.3. The average molecular weight is 142 g/mol. The van der Waals surface area contributed by atoms with Crippen molar-refractivity contribution in [2.24, 2.45) is 7.05 Å². The van der Waals surface area contributed by atoms with E-state index in [-0.39, 0.29) is 11.5 Å². The fourth-order valence-corrected chi connectivity index (χ4v) is 0.621. The first-order valence-electron chi connectivity index (χ1n) is 2.51. The Hall–Kier alpha value is -1.59. The van der Waals surface area contributed by atoms with Crippen LogP contribution in [0.25, 0.3) is 0 Å². The van der Waals surface area contributed by atoms with E-state index in [0.29, 0.717) is 0 Å². The van der Waals surface area contributed by atoms with Crippen LogP contribution in [0.4, 0.5) is 5.82 Å². The number of anilines is 1. The number of aromatic carboxylic acids is 1. The van der Waals surface area contributed by atoms with E-state index in [2.05, 4.69) is 10.3 Å². The van der Waals surface area contributed by atoms with Crippen molar-refractivity contribution in [1.82, 2.24) is 15.0 Å². The molecule has 1 aromatic heterocycles. The Bertz CT molecular complexity index is 247. The first kappa shape index (κ1) is 6.53. The fourth-order valence-electron chi connectivity index (χ4n) is 0.621. The third kappa shape index (κ3) is 0.790. The summed E-state index contributed by atoms with van der Waals surface area (Å²) in [7, 11) is 1.47. The number of rotatable bonds is 1. The standard InChI is InChI=1S/C4H6N4O2/c1-8-2(4(9)10)3(5)6-7-8/h5H2,1H3,(H,9,10). The number of carboxylic acids is 1. The van der Waals surface area contributed by atoms with Crippen molar-refractivity contribution in [1.29, 1.82) is 0 Å². The highest BCUT2D eigenvalue weighted by atomic mass is 16.4. The van der Waals surface area contributed by atoms with Gasteiger partial charge in [-0.1, -0.05) is 5.21 Å². The summed E-state index contributed by atoms with van der Waals surface area (Å²) in [5, 5.41) is 15.2. The van der Waals surface area contributed by atoms with Gasteiger partial charge in [0.15, 0.2) is 11.5 Å². The molecule has 1 aromatic rings. The third-order valence-electron chi connectivity index (χ3n) is 1.06. The molecule has 0 saturated heterocycles. The molecule has 1 rings (SSSR count). The summed E-state index contributed by atoms with van der Waals surface area (Å²) in [4.78, 5) is 10.3. The van der Waals surface area contributed by atoms with Crippen molar-refractivity contribution >= 4 is 11.8 Å². The van der Waals surface area contributed by atoms with E-state index in [0.717, 1.165) is 4.68 Å². The Morgan fingerprint density at radius 2 is 2.40 bits per heavy atom. The summed E-state index contributed by atoms with van der Waals surface area (Å²) in [6.07, 6.45) is 0. The number of nitrogens with two attached hydrogens (primary N) is 1. The number of aromatic nitrogens is 3. The summed E-state index contributed by atoms with van der Waals surface area (Å²) < 4.78 is 1.11. The van der Waals surface area contributed by atoms with Gasteiger partial charge in [0.25, 0.3) is 0 Å². The second-order valence-corrected chi connectivity index (χ2v) is 1.75. The van der Waals surface area contributed by atoms with E-state index >= 15 is 0 Å². The predicted molar refractivity (Wildman–Crippen MR) is 32.4 cm³/mol. The molecule has 0 unspecified atom stereocenters. The Morgan fingerprint density at radius 1 is 1.80 bits per heavy atom. The van der Waals surface area contributed by atoms with E-state index < -0.39 is 5.97 Å². The molecule has 3 N–H and O–H groups in total. The van der Waals surface area contributed by atoms with Gasteiger partial charge in [-0.3, -0.25) is 0 Å². The van der Waals surface area contributed by atoms with Crippen molar-refractivity contribution in [3.05, 3.63) is 5.69 Å². The summed E-state index contributed by atoms with van der Waals surface area (Å²) in [5.74, 6) is -1.18. The summed E-state index contributed by atoms with van der Waals surface area (Å²) >= 11 is 0. The monoisotopic (exact) mass is 142 g/mol. The van der Waals surface area contributed by atoms with Crippen molar-refractivity contribution in [2.75, 3.05) is 5.73 Å². The summed E-state index contributed by atoms with van der Waals surface area (Å²) in [5.41, 5.74) is 5.08. The Balaban J connectivity index is 3.23. The zero-order valence-electron chi connectivity index (χ0n) is 5.27. The molecule has 0 aliphatic heterocycles. The highest BCUT2D eigenvalue weighted by Crippen LogP contribution is 2.03. The molecule has 1 heterocycles. The minimum absolute atomic E-state index is 0.0602. The van der Waals surface area contributed by atoms with E-state index in [4.69, 9.17) is 10.8 Å². The molecule has 54 valence electrons. The number of aryl methyl sites for hydroxylation is 1. The van der Waals surface area contributed by atoms with Gasteiger partial charge in [-0.25, -0.2) is 9.48 Å². The molecule has 0 aromatic carbocycles. The van der Waals surface area contributed by atoms with Gasteiger partial charge >= 0.3 is 5.97 Å². The minimum atomic E-state index is -1.12. The summed E-state index contributed by atoms with van der Waals surface area (Å²) in [6.45, 7) is 0. The Morgan fingerprint density at radius 3 is 2.60 bits per heavy atom. The molecule has 0 amide bonds. The molecule has 0 saturated carbocycles. The van der Waals surface area contributed by atoms with Crippen LogP contribution >= 0.6 is 0 Å². The van der Waals surface area contributed by atoms with Crippen LogP contribution in [-0.4, -0.2) is 26.1 Å². The van der Waals surface area contributed by atoms with Crippen LogP contribution in [0.2, 0.25) is 0 Å². The van der Waals surface area contributed by atoms with Crippen molar-refractivity contribution < 1.29 is 9.90 Å². The van der Waals surface area contributed by atoms with Gasteiger partial charge in [-0.2, -0.15) is 0 Å². The zero-order chi connectivity index (χ0) is 7.72. The van der Waals surface area contributed by atoms with Gasteiger partial charge in [-0.15, -0.1) is 5.10 Å². The summed E-state index contributed by atoms with van der Waals surface area (Å²) in [6, 6.07) is 0. The number of nitrogens with zero attached hydrogens (tertiary/aromatic N) is 3. The van der Waals surface area contributed by atoms with E-state index in [1.54, 1.807) is 0 Å². The maximum absolute atomic E-state index is 10.3. The maximum Gasteiger partial charge on any atom is 0.358 e. The van der Waals surface area contributed by atoms with Crippen LogP contribution in [0, 0.1) is 0 Å². The van der Waals surface area contributed by atoms with Gasteiger partial charge in [0.1, 0.15) is 0 Å². The number of carbonyl (C=O) groups is 1. The van der Waals surface area contributed by atoms with E-state index in [1.807, 2.05) is 0 Å². The molecule has 0 fully saturated rings. The van der Waals surface area contributed by atoms with Crippen LogP contribution in [0.3, 0.4) is 0 Å². The number of nitrogen functional groups attached to an aromatic ring is 1. The van der Waals surface area contributed by atoms with Crippen LogP contribution in [0.15, 0.2) is 0 Å². The van der Waals surface area contributed by atoms with Gasteiger partial charge in [0, 0.05) is 7.05 Å². The van der Waals surface area contributed by atoms with Gasteiger partial charge in [0.05, 0.1) is 0 Å². The lowest BCUT2D eigenvalue weighted by atomic mass is 10.4. The molecule has 0 bridgehead atoms. The van der Waals surface area contributed by atoms with Gasteiger partial charge < -0.3 is 10.8 Å². The van der Waals surface area contributed by atoms with Crippen molar-refractivity contribution in [3.63, 3.8) is 0 Å². The first-order chi connectivity index (χ1) is 4.63. The van der Waals surface area contributed by atoms with Crippen LogP contribution in [-0.2, 0) is 7.05 Å².